The molecule has 2 N–H and O–H groups in total. The third kappa shape index (κ3) is 3.73. The zero-order valence-electron chi connectivity index (χ0n) is 17.5. The summed E-state index contributed by atoms with van der Waals surface area (Å²) >= 11 is 0. The first kappa shape index (κ1) is 20.6. The van der Waals surface area contributed by atoms with Crippen molar-refractivity contribution in [1.82, 2.24) is 0 Å². The van der Waals surface area contributed by atoms with E-state index in [0.717, 1.165) is 23.2 Å². The topological polar surface area (TPSA) is 67.4 Å². The van der Waals surface area contributed by atoms with E-state index < -0.39 is 10.0 Å². The first-order valence-corrected chi connectivity index (χ1v) is 11.9. The quantitative estimate of drug-likeness (QED) is 0.507. The van der Waals surface area contributed by atoms with Gasteiger partial charge in [-0.3, -0.25) is 4.72 Å². The summed E-state index contributed by atoms with van der Waals surface area (Å²) < 4.78 is 47.2. The molecule has 0 saturated carbocycles. The van der Waals surface area contributed by atoms with Crippen molar-refractivity contribution in [2.75, 3.05) is 17.1 Å². The smallest absolute Gasteiger partial charge is 0.261 e. The van der Waals surface area contributed by atoms with Crippen molar-refractivity contribution in [1.29, 1.82) is 0 Å². The SMILES string of the molecule is COc1ccc(NS(=O)(=O)c2ccc3c(c2)[C@H]2C=CC[C@H]2[C@@H](c2ccc(F)cc2)N3)cc1. The number of fused-ring (bicyclic) bond motifs is 3. The van der Waals surface area contributed by atoms with E-state index in [0.29, 0.717) is 11.4 Å². The number of nitrogens with one attached hydrogen (secondary N) is 2. The average Bonchev–Trinajstić information content (AvgIpc) is 3.29. The van der Waals surface area contributed by atoms with E-state index in [1.807, 2.05) is 18.2 Å². The average molecular weight is 451 g/mol. The Balaban J connectivity index is 1.46. The number of halogens is 1. The molecule has 0 saturated heterocycles. The zero-order chi connectivity index (χ0) is 22.3. The van der Waals surface area contributed by atoms with Gasteiger partial charge in [-0.15, -0.1) is 0 Å². The highest BCUT2D eigenvalue weighted by Crippen LogP contribution is 2.50. The van der Waals surface area contributed by atoms with Crippen LogP contribution in [0.25, 0.3) is 0 Å². The van der Waals surface area contributed by atoms with Crippen molar-refractivity contribution in [3.8, 4) is 5.75 Å². The molecule has 164 valence electrons. The molecule has 5 nitrogen and oxygen atoms in total. The predicted molar refractivity (Wildman–Crippen MR) is 123 cm³/mol. The van der Waals surface area contributed by atoms with Crippen LogP contribution >= 0.6 is 0 Å². The molecule has 0 bridgehead atoms. The van der Waals surface area contributed by atoms with E-state index in [2.05, 4.69) is 22.2 Å². The van der Waals surface area contributed by atoms with Crippen LogP contribution in [0.3, 0.4) is 0 Å². The lowest BCUT2D eigenvalue weighted by molar-refractivity contribution is 0.415. The van der Waals surface area contributed by atoms with Gasteiger partial charge in [0.1, 0.15) is 11.6 Å². The number of ether oxygens (including phenoxy) is 1. The molecule has 1 heterocycles. The highest BCUT2D eigenvalue weighted by molar-refractivity contribution is 7.92. The van der Waals surface area contributed by atoms with Gasteiger partial charge in [0.05, 0.1) is 18.0 Å². The van der Waals surface area contributed by atoms with Gasteiger partial charge in [-0.2, -0.15) is 0 Å². The van der Waals surface area contributed by atoms with E-state index in [4.69, 9.17) is 4.74 Å². The molecular weight excluding hydrogens is 427 g/mol. The van der Waals surface area contributed by atoms with Crippen LogP contribution in [-0.4, -0.2) is 15.5 Å². The summed E-state index contributed by atoms with van der Waals surface area (Å²) in [5, 5.41) is 3.55. The van der Waals surface area contributed by atoms with Gasteiger partial charge in [0.15, 0.2) is 0 Å². The maximum absolute atomic E-state index is 13.4. The van der Waals surface area contributed by atoms with E-state index in [1.165, 1.54) is 12.1 Å². The number of methoxy groups -OCH3 is 1. The van der Waals surface area contributed by atoms with Crippen LogP contribution in [0.5, 0.6) is 5.75 Å². The Labute approximate surface area is 187 Å². The maximum atomic E-state index is 13.4. The van der Waals surface area contributed by atoms with Gasteiger partial charge < -0.3 is 10.1 Å². The summed E-state index contributed by atoms with van der Waals surface area (Å²) in [6, 6.07) is 18.5. The summed E-state index contributed by atoms with van der Waals surface area (Å²) in [6.07, 6.45) is 5.16. The summed E-state index contributed by atoms with van der Waals surface area (Å²) in [6.45, 7) is 0. The van der Waals surface area contributed by atoms with Gasteiger partial charge in [-0.25, -0.2) is 12.8 Å². The standard InChI is InChI=1S/C25H23FN2O3S/c1-31-19-11-9-18(10-12-19)28-32(29,30)20-13-14-24-23(15-20)21-3-2-4-22(21)25(27-24)16-5-7-17(26)8-6-16/h2-3,5-15,21-22,25,27-28H,4H2,1H3/t21-,22+,25+/m0/s1. The fourth-order valence-corrected chi connectivity index (χ4v) is 5.71. The Kier molecular flexibility index (Phi) is 5.13. The monoisotopic (exact) mass is 450 g/mol. The van der Waals surface area contributed by atoms with Crippen molar-refractivity contribution in [3.63, 3.8) is 0 Å². The van der Waals surface area contributed by atoms with Crippen molar-refractivity contribution in [3.05, 3.63) is 95.8 Å². The molecule has 0 fully saturated rings. The molecule has 0 spiro atoms. The Morgan fingerprint density at radius 2 is 1.78 bits per heavy atom. The van der Waals surface area contributed by atoms with Crippen LogP contribution in [0.2, 0.25) is 0 Å². The second-order valence-corrected chi connectivity index (χ2v) is 9.79. The Hall–Kier alpha value is -3.32. The molecule has 7 heteroatoms. The predicted octanol–water partition coefficient (Wildman–Crippen LogP) is 5.46. The van der Waals surface area contributed by atoms with E-state index >= 15 is 0 Å². The fraction of sp³-hybridized carbons (Fsp3) is 0.200. The molecule has 0 aromatic heterocycles. The lowest BCUT2D eigenvalue weighted by atomic mass is 9.77. The molecule has 32 heavy (non-hydrogen) atoms. The summed E-state index contributed by atoms with van der Waals surface area (Å²) in [5.74, 6) is 0.728. The van der Waals surface area contributed by atoms with Gasteiger partial charge in [-0.05, 0) is 78.1 Å². The molecule has 3 aromatic carbocycles. The number of hydrogen-bond donors (Lipinski definition) is 2. The van der Waals surface area contributed by atoms with Crippen molar-refractivity contribution >= 4 is 21.4 Å². The summed E-state index contributed by atoms with van der Waals surface area (Å²) in [5.41, 5.74) is 3.35. The van der Waals surface area contributed by atoms with Crippen LogP contribution < -0.4 is 14.8 Å². The highest BCUT2D eigenvalue weighted by Gasteiger charge is 2.38. The van der Waals surface area contributed by atoms with Gasteiger partial charge >= 0.3 is 0 Å². The van der Waals surface area contributed by atoms with Crippen LogP contribution in [-0.2, 0) is 10.0 Å². The molecule has 5 rings (SSSR count). The van der Waals surface area contributed by atoms with Gasteiger partial charge in [0.2, 0.25) is 0 Å². The van der Waals surface area contributed by atoms with Crippen LogP contribution in [0.15, 0.2) is 83.8 Å². The van der Waals surface area contributed by atoms with Crippen LogP contribution in [0.1, 0.15) is 29.5 Å². The third-order valence-electron chi connectivity index (χ3n) is 6.22. The molecule has 3 aromatic rings. The van der Waals surface area contributed by atoms with Crippen molar-refractivity contribution in [2.24, 2.45) is 5.92 Å². The molecule has 1 aliphatic heterocycles. The molecule has 0 amide bonds. The molecular formula is C25H23FN2O3S. The number of allylic oxidation sites excluding steroid dienone is 2. The van der Waals surface area contributed by atoms with Crippen molar-refractivity contribution < 1.29 is 17.5 Å². The summed E-state index contributed by atoms with van der Waals surface area (Å²) in [4.78, 5) is 0.216. The van der Waals surface area contributed by atoms with Gasteiger partial charge in [0.25, 0.3) is 10.0 Å². The molecule has 2 aliphatic rings. The summed E-state index contributed by atoms with van der Waals surface area (Å²) in [7, 11) is -2.19. The largest absolute Gasteiger partial charge is 0.497 e. The lowest BCUT2D eigenvalue weighted by Gasteiger charge is -2.37. The van der Waals surface area contributed by atoms with Crippen LogP contribution in [0.4, 0.5) is 15.8 Å². The first-order chi connectivity index (χ1) is 15.4. The highest BCUT2D eigenvalue weighted by atomic mass is 32.2. The van der Waals surface area contributed by atoms with Crippen LogP contribution in [0, 0.1) is 11.7 Å². The Morgan fingerprint density at radius 1 is 1.03 bits per heavy atom. The molecule has 0 unspecified atom stereocenters. The number of sulfonamides is 1. The fourth-order valence-electron chi connectivity index (χ4n) is 4.61. The minimum absolute atomic E-state index is 0.0305. The first-order valence-electron chi connectivity index (χ1n) is 10.4. The number of hydrogen-bond acceptors (Lipinski definition) is 4. The van der Waals surface area contributed by atoms with E-state index in [-0.39, 0.29) is 28.6 Å². The van der Waals surface area contributed by atoms with E-state index in [9.17, 15) is 12.8 Å². The third-order valence-corrected chi connectivity index (χ3v) is 7.59. The second kappa shape index (κ2) is 7.98. The minimum atomic E-state index is -3.75. The second-order valence-electron chi connectivity index (χ2n) is 8.11. The maximum Gasteiger partial charge on any atom is 0.261 e. The van der Waals surface area contributed by atoms with Gasteiger partial charge in [-0.1, -0.05) is 24.3 Å². The minimum Gasteiger partial charge on any atom is -0.497 e. The number of anilines is 2. The Bertz CT molecular complexity index is 1270. The Morgan fingerprint density at radius 3 is 2.50 bits per heavy atom. The molecule has 0 radical (unpaired) electrons. The van der Waals surface area contributed by atoms with Gasteiger partial charge in [0, 0.05) is 17.3 Å². The van der Waals surface area contributed by atoms with E-state index in [1.54, 1.807) is 43.5 Å². The number of benzene rings is 3. The number of rotatable bonds is 5. The molecule has 3 atom stereocenters. The van der Waals surface area contributed by atoms with Crippen molar-refractivity contribution in [2.45, 2.75) is 23.3 Å². The molecule has 1 aliphatic carbocycles. The lowest BCUT2D eigenvalue weighted by Crippen LogP contribution is -2.29. The zero-order valence-corrected chi connectivity index (χ0v) is 18.3. The normalized spacial score (nSPS) is 21.4.